The molecule has 0 amide bonds. The molecule has 136 valence electrons. The molecule has 2 aromatic carbocycles. The third-order valence-electron chi connectivity index (χ3n) is 4.47. The Bertz CT molecular complexity index is 613. The molecule has 1 unspecified atom stereocenters. The average molecular weight is 341 g/mol. The molecule has 0 spiro atoms. The minimum Gasteiger partial charge on any atom is -0.493 e. The quantitative estimate of drug-likeness (QED) is 0.538. The smallest absolute Gasteiger partial charge is 0.166 e. The first-order chi connectivity index (χ1) is 12.3. The summed E-state index contributed by atoms with van der Waals surface area (Å²) in [6.45, 7) is 2.75. The Morgan fingerprint density at radius 2 is 1.68 bits per heavy atom. The van der Waals surface area contributed by atoms with Crippen molar-refractivity contribution in [3.63, 3.8) is 0 Å². The number of unbranched alkanes of at least 4 members (excludes halogenated alkanes) is 4. The highest BCUT2D eigenvalue weighted by Gasteiger charge is 2.16. The maximum absolute atomic E-state index is 6.47. The fourth-order valence-corrected chi connectivity index (χ4v) is 2.99. The van der Waals surface area contributed by atoms with Crippen molar-refractivity contribution in [2.75, 3.05) is 7.11 Å². The molecule has 0 heterocycles. The zero-order valence-corrected chi connectivity index (χ0v) is 15.5. The summed E-state index contributed by atoms with van der Waals surface area (Å²) in [4.78, 5) is 0. The molecule has 3 nitrogen and oxygen atoms in total. The van der Waals surface area contributed by atoms with E-state index < -0.39 is 0 Å². The van der Waals surface area contributed by atoms with Crippen LogP contribution in [0, 0.1) is 0 Å². The van der Waals surface area contributed by atoms with Crippen molar-refractivity contribution in [2.45, 2.75) is 58.1 Å². The van der Waals surface area contributed by atoms with Gasteiger partial charge in [-0.3, -0.25) is 0 Å². The lowest BCUT2D eigenvalue weighted by Gasteiger charge is -2.19. The molecule has 2 N–H and O–H groups in total. The van der Waals surface area contributed by atoms with Gasteiger partial charge in [0, 0.05) is 11.6 Å². The van der Waals surface area contributed by atoms with Crippen LogP contribution < -0.4 is 15.2 Å². The molecule has 0 saturated heterocycles. The van der Waals surface area contributed by atoms with Crippen LogP contribution in [0.3, 0.4) is 0 Å². The molecular formula is C22H31NO2. The fraction of sp³-hybridized carbons (Fsp3) is 0.455. The number of hydrogen-bond donors (Lipinski definition) is 1. The minimum absolute atomic E-state index is 0.0255. The Morgan fingerprint density at radius 1 is 0.920 bits per heavy atom. The van der Waals surface area contributed by atoms with Gasteiger partial charge in [0.1, 0.15) is 6.61 Å². The predicted octanol–water partition coefficient (Wildman–Crippen LogP) is 5.63. The van der Waals surface area contributed by atoms with Crippen molar-refractivity contribution < 1.29 is 9.47 Å². The van der Waals surface area contributed by atoms with Crippen LogP contribution in [-0.2, 0) is 6.61 Å². The third kappa shape index (κ3) is 6.09. The van der Waals surface area contributed by atoms with E-state index in [0.717, 1.165) is 35.5 Å². The Labute approximate surface area is 152 Å². The molecule has 0 radical (unpaired) electrons. The summed E-state index contributed by atoms with van der Waals surface area (Å²) in [6, 6.07) is 16.1. The molecule has 1 atom stereocenters. The fourth-order valence-electron chi connectivity index (χ4n) is 2.99. The zero-order valence-electron chi connectivity index (χ0n) is 15.5. The van der Waals surface area contributed by atoms with E-state index in [1.807, 2.05) is 30.3 Å². The summed E-state index contributed by atoms with van der Waals surface area (Å²) in [7, 11) is 1.67. The second-order valence-electron chi connectivity index (χ2n) is 6.46. The molecule has 0 saturated carbocycles. The summed E-state index contributed by atoms with van der Waals surface area (Å²) < 4.78 is 11.6. The first kappa shape index (κ1) is 19.3. The SMILES string of the molecule is CCCCCCCC(N)c1cccc(OC)c1OCc1ccccc1. The van der Waals surface area contributed by atoms with E-state index in [9.17, 15) is 0 Å². The monoisotopic (exact) mass is 341 g/mol. The van der Waals surface area contributed by atoms with Gasteiger partial charge in [0.15, 0.2) is 11.5 Å². The molecule has 0 fully saturated rings. The van der Waals surface area contributed by atoms with Gasteiger partial charge in [-0.05, 0) is 18.1 Å². The lowest BCUT2D eigenvalue weighted by molar-refractivity contribution is 0.279. The van der Waals surface area contributed by atoms with Gasteiger partial charge < -0.3 is 15.2 Å². The van der Waals surface area contributed by atoms with Gasteiger partial charge in [-0.25, -0.2) is 0 Å². The zero-order chi connectivity index (χ0) is 17.9. The van der Waals surface area contributed by atoms with Gasteiger partial charge in [0.05, 0.1) is 7.11 Å². The molecule has 25 heavy (non-hydrogen) atoms. The molecule has 2 rings (SSSR count). The highest BCUT2D eigenvalue weighted by molar-refractivity contribution is 5.48. The van der Waals surface area contributed by atoms with Crippen molar-refractivity contribution in [1.82, 2.24) is 0 Å². The molecular weight excluding hydrogens is 310 g/mol. The first-order valence-corrected chi connectivity index (χ1v) is 9.35. The predicted molar refractivity (Wildman–Crippen MR) is 104 cm³/mol. The maximum atomic E-state index is 6.47. The minimum atomic E-state index is -0.0255. The molecule has 0 aliphatic heterocycles. The average Bonchev–Trinajstić information content (AvgIpc) is 2.66. The molecule has 2 aromatic rings. The number of methoxy groups -OCH3 is 1. The van der Waals surface area contributed by atoms with E-state index >= 15 is 0 Å². The Kier molecular flexibility index (Phi) is 8.33. The Hall–Kier alpha value is -2.00. The van der Waals surface area contributed by atoms with E-state index in [0.29, 0.717) is 6.61 Å². The molecule has 3 heteroatoms. The number of ether oxygens (including phenoxy) is 2. The number of para-hydroxylation sites is 1. The first-order valence-electron chi connectivity index (χ1n) is 9.35. The van der Waals surface area contributed by atoms with Crippen LogP contribution in [0.5, 0.6) is 11.5 Å². The summed E-state index contributed by atoms with van der Waals surface area (Å²) in [5.74, 6) is 1.52. The van der Waals surface area contributed by atoms with Crippen molar-refractivity contribution in [3.8, 4) is 11.5 Å². The highest BCUT2D eigenvalue weighted by Crippen LogP contribution is 2.36. The summed E-state index contributed by atoms with van der Waals surface area (Å²) in [6.07, 6.45) is 7.22. The van der Waals surface area contributed by atoms with Gasteiger partial charge in [0.2, 0.25) is 0 Å². The number of benzene rings is 2. The van der Waals surface area contributed by atoms with E-state index in [-0.39, 0.29) is 6.04 Å². The van der Waals surface area contributed by atoms with Crippen molar-refractivity contribution in [2.24, 2.45) is 5.73 Å². The van der Waals surface area contributed by atoms with E-state index in [2.05, 4.69) is 25.1 Å². The number of nitrogens with two attached hydrogens (primary N) is 1. The van der Waals surface area contributed by atoms with Gasteiger partial charge in [-0.15, -0.1) is 0 Å². The Morgan fingerprint density at radius 3 is 2.40 bits per heavy atom. The summed E-state index contributed by atoms with van der Waals surface area (Å²) in [5.41, 5.74) is 8.63. The highest BCUT2D eigenvalue weighted by atomic mass is 16.5. The van der Waals surface area contributed by atoms with Gasteiger partial charge >= 0.3 is 0 Å². The molecule has 0 aliphatic rings. The van der Waals surface area contributed by atoms with Crippen LogP contribution in [0.15, 0.2) is 48.5 Å². The van der Waals surface area contributed by atoms with Crippen LogP contribution in [0.4, 0.5) is 0 Å². The lowest BCUT2D eigenvalue weighted by Crippen LogP contribution is -2.13. The van der Waals surface area contributed by atoms with Crippen LogP contribution >= 0.6 is 0 Å². The largest absolute Gasteiger partial charge is 0.493 e. The van der Waals surface area contributed by atoms with E-state index in [4.69, 9.17) is 15.2 Å². The van der Waals surface area contributed by atoms with E-state index in [1.165, 1.54) is 25.7 Å². The van der Waals surface area contributed by atoms with Crippen molar-refractivity contribution >= 4 is 0 Å². The second kappa shape index (κ2) is 10.8. The summed E-state index contributed by atoms with van der Waals surface area (Å²) >= 11 is 0. The van der Waals surface area contributed by atoms with Gasteiger partial charge in [-0.2, -0.15) is 0 Å². The van der Waals surface area contributed by atoms with E-state index in [1.54, 1.807) is 7.11 Å². The maximum Gasteiger partial charge on any atom is 0.166 e. The number of hydrogen-bond acceptors (Lipinski definition) is 3. The summed E-state index contributed by atoms with van der Waals surface area (Å²) in [5, 5.41) is 0. The molecule has 0 bridgehead atoms. The molecule has 0 aliphatic carbocycles. The second-order valence-corrected chi connectivity index (χ2v) is 6.46. The molecule has 0 aromatic heterocycles. The lowest BCUT2D eigenvalue weighted by atomic mass is 9.99. The number of rotatable bonds is 11. The van der Waals surface area contributed by atoms with Gasteiger partial charge in [-0.1, -0.05) is 81.5 Å². The standard InChI is InChI=1S/C22H31NO2/c1-3-4-5-6-10-15-20(23)19-14-11-16-21(24-2)22(19)25-17-18-12-8-7-9-13-18/h7-9,11-14,16,20H,3-6,10,15,17,23H2,1-2H3. The van der Waals surface area contributed by atoms with Crippen LogP contribution in [0.2, 0.25) is 0 Å². The van der Waals surface area contributed by atoms with Crippen molar-refractivity contribution in [1.29, 1.82) is 0 Å². The topological polar surface area (TPSA) is 44.5 Å². The third-order valence-corrected chi connectivity index (χ3v) is 4.47. The van der Waals surface area contributed by atoms with Gasteiger partial charge in [0.25, 0.3) is 0 Å². The van der Waals surface area contributed by atoms with Crippen LogP contribution in [0.1, 0.15) is 62.6 Å². The Balaban J connectivity index is 2.03. The normalized spacial score (nSPS) is 12.0. The van der Waals surface area contributed by atoms with Crippen LogP contribution in [-0.4, -0.2) is 7.11 Å². The van der Waals surface area contributed by atoms with Crippen LogP contribution in [0.25, 0.3) is 0 Å². The van der Waals surface area contributed by atoms with Crippen molar-refractivity contribution in [3.05, 3.63) is 59.7 Å².